The molecular weight excluding hydrogens is 412 g/mol. The normalized spacial score (nSPS) is 29.8. The summed E-state index contributed by atoms with van der Waals surface area (Å²) in [6.07, 6.45) is 3.91. The molecule has 6 nitrogen and oxygen atoms in total. The van der Waals surface area contributed by atoms with Gasteiger partial charge in [-0.15, -0.1) is 11.3 Å². The molecule has 2 atom stereocenters. The van der Waals surface area contributed by atoms with E-state index in [1.807, 2.05) is 0 Å². The third kappa shape index (κ3) is 3.27. The minimum Gasteiger partial charge on any atom is -0.212 e. The van der Waals surface area contributed by atoms with Gasteiger partial charge in [-0.3, -0.25) is 0 Å². The van der Waals surface area contributed by atoms with Crippen molar-refractivity contribution < 1.29 is 16.8 Å². The average molecular weight is 429 g/mol. The lowest BCUT2D eigenvalue weighted by Crippen LogP contribution is -2.51. The van der Waals surface area contributed by atoms with Crippen LogP contribution >= 0.6 is 27.3 Å². The van der Waals surface area contributed by atoms with E-state index in [-0.39, 0.29) is 22.3 Å². The Kier molecular flexibility index (Phi) is 4.45. The van der Waals surface area contributed by atoms with Gasteiger partial charge in [0.15, 0.2) is 0 Å². The van der Waals surface area contributed by atoms with Crippen LogP contribution in [0.2, 0.25) is 0 Å². The van der Waals surface area contributed by atoms with Gasteiger partial charge in [0, 0.05) is 18.1 Å². The summed E-state index contributed by atoms with van der Waals surface area (Å²) in [5.74, 6) is 0. The highest BCUT2D eigenvalue weighted by Gasteiger charge is 2.46. The number of hydrogen-bond donors (Lipinski definition) is 1. The van der Waals surface area contributed by atoms with Gasteiger partial charge in [-0.25, -0.2) is 21.6 Å². The molecule has 3 heterocycles. The molecule has 10 heteroatoms. The maximum absolute atomic E-state index is 12.4. The van der Waals surface area contributed by atoms with Gasteiger partial charge in [0.05, 0.1) is 10.0 Å². The molecule has 0 aromatic carbocycles. The van der Waals surface area contributed by atoms with Crippen molar-refractivity contribution in [3.8, 4) is 0 Å². The van der Waals surface area contributed by atoms with Gasteiger partial charge in [-0.05, 0) is 53.7 Å². The summed E-state index contributed by atoms with van der Waals surface area (Å²) in [5.41, 5.74) is 0. The lowest BCUT2D eigenvalue weighted by atomic mass is 10.0. The molecule has 0 radical (unpaired) electrons. The first kappa shape index (κ1) is 16.8. The van der Waals surface area contributed by atoms with E-state index in [9.17, 15) is 16.8 Å². The van der Waals surface area contributed by atoms with E-state index in [1.165, 1.54) is 17.6 Å². The highest BCUT2D eigenvalue weighted by molar-refractivity contribution is 9.11. The molecule has 1 aromatic rings. The van der Waals surface area contributed by atoms with Crippen LogP contribution in [0.5, 0.6) is 0 Å². The summed E-state index contributed by atoms with van der Waals surface area (Å²) in [5, 5.41) is 0. The zero-order valence-electron chi connectivity index (χ0n) is 11.9. The molecule has 2 unspecified atom stereocenters. The molecule has 2 bridgehead atoms. The molecule has 0 amide bonds. The van der Waals surface area contributed by atoms with Crippen LogP contribution in [0.25, 0.3) is 0 Å². The summed E-state index contributed by atoms with van der Waals surface area (Å²) >= 11 is 4.43. The van der Waals surface area contributed by atoms with Crippen molar-refractivity contribution in [1.82, 2.24) is 9.03 Å². The first-order chi connectivity index (χ1) is 10.2. The monoisotopic (exact) mass is 428 g/mol. The summed E-state index contributed by atoms with van der Waals surface area (Å²) in [7, 11) is -6.77. The lowest BCUT2D eigenvalue weighted by Gasteiger charge is -2.37. The zero-order valence-corrected chi connectivity index (χ0v) is 15.9. The summed E-state index contributed by atoms with van der Waals surface area (Å²) in [4.78, 5) is 0. The molecule has 2 aliphatic rings. The Labute approximate surface area is 143 Å². The molecule has 0 saturated carbocycles. The Balaban J connectivity index is 1.75. The zero-order chi connectivity index (χ0) is 16.1. The van der Waals surface area contributed by atoms with Crippen molar-refractivity contribution in [3.05, 3.63) is 15.9 Å². The maximum Gasteiger partial charge on any atom is 0.250 e. The van der Waals surface area contributed by atoms with Crippen molar-refractivity contribution in [2.75, 3.05) is 6.26 Å². The quantitative estimate of drug-likeness (QED) is 0.791. The smallest absolute Gasteiger partial charge is 0.212 e. The Morgan fingerprint density at radius 2 is 1.77 bits per heavy atom. The van der Waals surface area contributed by atoms with Crippen LogP contribution in [0.1, 0.15) is 25.7 Å². The van der Waals surface area contributed by atoms with Crippen molar-refractivity contribution in [2.45, 2.75) is 48.0 Å². The van der Waals surface area contributed by atoms with Crippen LogP contribution in [-0.4, -0.2) is 45.5 Å². The van der Waals surface area contributed by atoms with Gasteiger partial charge >= 0.3 is 0 Å². The fourth-order valence-corrected chi connectivity index (χ4v) is 8.25. The van der Waals surface area contributed by atoms with Gasteiger partial charge in [0.1, 0.15) is 4.21 Å². The lowest BCUT2D eigenvalue weighted by molar-refractivity contribution is 0.221. The Hall–Kier alpha value is -0.0000000000000000833. The molecule has 0 spiro atoms. The van der Waals surface area contributed by atoms with Crippen molar-refractivity contribution >= 4 is 47.3 Å². The number of halogens is 1. The molecule has 1 aromatic heterocycles. The fraction of sp³-hybridized carbons (Fsp3) is 0.667. The summed E-state index contributed by atoms with van der Waals surface area (Å²) in [6, 6.07) is 2.89. The second kappa shape index (κ2) is 5.82. The highest BCUT2D eigenvalue weighted by atomic mass is 79.9. The SMILES string of the molecule is CS(=O)(=O)N1C2CCC1CC(NS(=O)(=O)c1ccc(Br)s1)C2. The molecule has 2 aliphatic heterocycles. The van der Waals surface area contributed by atoms with Gasteiger partial charge in [0.25, 0.3) is 0 Å². The Morgan fingerprint density at radius 3 is 2.23 bits per heavy atom. The number of rotatable bonds is 4. The van der Waals surface area contributed by atoms with E-state index in [0.717, 1.165) is 16.6 Å². The summed E-state index contributed by atoms with van der Waals surface area (Å²) < 4.78 is 53.8. The highest BCUT2D eigenvalue weighted by Crippen LogP contribution is 2.38. The molecule has 22 heavy (non-hydrogen) atoms. The Bertz CT molecular complexity index is 760. The standard InChI is InChI=1S/C12H17BrN2O4S3/c1-21(16,17)15-9-2-3-10(15)7-8(6-9)14-22(18,19)12-5-4-11(13)20-12/h4-5,8-10,14H,2-3,6-7H2,1H3. The van der Waals surface area contributed by atoms with Crippen LogP contribution in [0, 0.1) is 0 Å². The van der Waals surface area contributed by atoms with E-state index < -0.39 is 20.0 Å². The number of thiophene rings is 1. The maximum atomic E-state index is 12.4. The second-order valence-electron chi connectivity index (χ2n) is 5.83. The van der Waals surface area contributed by atoms with E-state index in [4.69, 9.17) is 0 Å². The number of nitrogens with one attached hydrogen (secondary N) is 1. The van der Waals surface area contributed by atoms with Crippen LogP contribution < -0.4 is 4.72 Å². The number of sulfonamides is 2. The molecule has 2 fully saturated rings. The molecular formula is C12H17BrN2O4S3. The van der Waals surface area contributed by atoms with Crippen molar-refractivity contribution in [3.63, 3.8) is 0 Å². The van der Waals surface area contributed by atoms with E-state index >= 15 is 0 Å². The van der Waals surface area contributed by atoms with Gasteiger partial charge < -0.3 is 0 Å². The number of hydrogen-bond acceptors (Lipinski definition) is 5. The fourth-order valence-electron chi connectivity index (χ4n) is 3.49. The van der Waals surface area contributed by atoms with Crippen LogP contribution in [0.4, 0.5) is 0 Å². The van der Waals surface area contributed by atoms with E-state index in [2.05, 4.69) is 20.7 Å². The summed E-state index contributed by atoms with van der Waals surface area (Å²) in [6.45, 7) is 0. The molecule has 3 rings (SSSR count). The van der Waals surface area contributed by atoms with Gasteiger partial charge in [-0.2, -0.15) is 4.31 Å². The van der Waals surface area contributed by atoms with Crippen LogP contribution in [0.3, 0.4) is 0 Å². The van der Waals surface area contributed by atoms with E-state index in [1.54, 1.807) is 16.4 Å². The van der Waals surface area contributed by atoms with Gasteiger partial charge in [0.2, 0.25) is 20.0 Å². The molecule has 2 saturated heterocycles. The molecule has 1 N–H and O–H groups in total. The van der Waals surface area contributed by atoms with Crippen molar-refractivity contribution in [2.24, 2.45) is 0 Å². The first-order valence-corrected chi connectivity index (χ1v) is 11.9. The molecule has 124 valence electrons. The third-order valence-corrected chi connectivity index (χ3v) is 9.18. The van der Waals surface area contributed by atoms with Crippen LogP contribution in [-0.2, 0) is 20.0 Å². The largest absolute Gasteiger partial charge is 0.250 e. The topological polar surface area (TPSA) is 83.6 Å². The van der Waals surface area contributed by atoms with Gasteiger partial charge in [-0.1, -0.05) is 0 Å². The minimum absolute atomic E-state index is 0.0866. The predicted molar refractivity (Wildman–Crippen MR) is 88.9 cm³/mol. The average Bonchev–Trinajstić information content (AvgIpc) is 2.92. The molecule has 0 aliphatic carbocycles. The predicted octanol–water partition coefficient (Wildman–Crippen LogP) is 1.74. The van der Waals surface area contributed by atoms with E-state index in [0.29, 0.717) is 12.8 Å². The second-order valence-corrected chi connectivity index (χ2v) is 12.1. The number of fused-ring (bicyclic) bond motifs is 2. The third-order valence-electron chi connectivity index (χ3n) is 4.18. The number of nitrogens with zero attached hydrogens (tertiary/aromatic N) is 1. The minimum atomic E-state index is -3.54. The number of piperidine rings is 1. The van der Waals surface area contributed by atoms with Crippen molar-refractivity contribution in [1.29, 1.82) is 0 Å². The first-order valence-electron chi connectivity index (χ1n) is 6.93. The Morgan fingerprint density at radius 1 is 1.18 bits per heavy atom. The van der Waals surface area contributed by atoms with Crippen LogP contribution in [0.15, 0.2) is 20.1 Å².